The molecule has 0 N–H and O–H groups in total. The lowest BCUT2D eigenvalue weighted by Crippen LogP contribution is -2.17. The van der Waals surface area contributed by atoms with Crippen LogP contribution in [-0.4, -0.2) is 27.8 Å². The number of hydrogen-bond acceptors (Lipinski definition) is 6. The number of oxime groups is 1. The quantitative estimate of drug-likeness (QED) is 0.778. The fraction of sp³-hybridized carbons (Fsp3) is 0.235. The molecule has 7 heteroatoms. The minimum absolute atomic E-state index is 0.230. The lowest BCUT2D eigenvalue weighted by Gasteiger charge is -2.19. The maximum Gasteiger partial charge on any atom is 0.332 e. The first-order chi connectivity index (χ1) is 11.6. The molecule has 1 aliphatic rings. The molecule has 0 fully saturated rings. The van der Waals surface area contributed by atoms with Crippen LogP contribution in [-0.2, 0) is 20.2 Å². The van der Waals surface area contributed by atoms with Gasteiger partial charge in [0.1, 0.15) is 17.3 Å². The Hall–Kier alpha value is -2.54. The minimum Gasteiger partial charge on any atom is -0.497 e. The Morgan fingerprint density at radius 1 is 1.17 bits per heavy atom. The molecule has 2 aromatic carbocycles. The first kappa shape index (κ1) is 16.3. The predicted molar refractivity (Wildman–Crippen MR) is 89.8 cm³/mol. The van der Waals surface area contributed by atoms with Crippen molar-refractivity contribution in [2.24, 2.45) is 5.16 Å². The fourth-order valence-corrected chi connectivity index (χ4v) is 3.24. The molecule has 0 amide bonds. The molecule has 0 atom stereocenters. The molecule has 0 saturated carbocycles. The Bertz CT molecular complexity index is 847. The topological polar surface area (TPSA) is 74.2 Å². The van der Waals surface area contributed by atoms with Crippen molar-refractivity contribution in [3.63, 3.8) is 0 Å². The van der Waals surface area contributed by atoms with E-state index in [0.29, 0.717) is 41.4 Å². The summed E-state index contributed by atoms with van der Waals surface area (Å²) in [5.41, 5.74) is 1.84. The molecule has 0 saturated heterocycles. The summed E-state index contributed by atoms with van der Waals surface area (Å²) in [5.74, 6) is 1.04. The number of fused-ring (bicyclic) bond motifs is 1. The van der Waals surface area contributed by atoms with Crippen LogP contribution < -0.4 is 9.47 Å². The average molecular weight is 347 g/mol. The summed E-state index contributed by atoms with van der Waals surface area (Å²) in [5, 5.41) is 3.86. The second kappa shape index (κ2) is 6.92. The summed E-state index contributed by atoms with van der Waals surface area (Å²) >= 11 is 0. The summed E-state index contributed by atoms with van der Waals surface area (Å²) in [6.45, 7) is 0.417. The summed E-state index contributed by atoms with van der Waals surface area (Å²) in [4.78, 5) is 0. The SMILES string of the molecule is COc1ccc2c(c1)C(=NOS(=O)(=O)Cc1ccccc1)CCO2. The van der Waals surface area contributed by atoms with Gasteiger partial charge in [-0.2, -0.15) is 8.42 Å². The summed E-state index contributed by atoms with van der Waals surface area (Å²) in [6, 6.07) is 14.1. The maximum atomic E-state index is 12.1. The number of methoxy groups -OCH3 is 1. The van der Waals surface area contributed by atoms with Crippen LogP contribution in [0.4, 0.5) is 0 Å². The van der Waals surface area contributed by atoms with Gasteiger partial charge < -0.3 is 9.47 Å². The van der Waals surface area contributed by atoms with Gasteiger partial charge in [-0.15, -0.1) is 0 Å². The number of benzene rings is 2. The lowest BCUT2D eigenvalue weighted by atomic mass is 10.0. The first-order valence-electron chi connectivity index (χ1n) is 7.41. The van der Waals surface area contributed by atoms with Crippen LogP contribution in [0.5, 0.6) is 11.5 Å². The summed E-state index contributed by atoms with van der Waals surface area (Å²) in [7, 11) is -2.25. The molecule has 0 bridgehead atoms. The van der Waals surface area contributed by atoms with Gasteiger partial charge >= 0.3 is 10.1 Å². The Morgan fingerprint density at radius 2 is 1.96 bits per heavy atom. The molecule has 3 rings (SSSR count). The van der Waals surface area contributed by atoms with Crippen molar-refractivity contribution in [2.75, 3.05) is 13.7 Å². The molecule has 1 heterocycles. The molecule has 1 aliphatic heterocycles. The second-order valence-electron chi connectivity index (χ2n) is 5.26. The summed E-state index contributed by atoms with van der Waals surface area (Å²) < 4.78 is 39.8. The maximum absolute atomic E-state index is 12.1. The molecule has 0 radical (unpaired) electrons. The van der Waals surface area contributed by atoms with E-state index in [-0.39, 0.29) is 5.75 Å². The smallest absolute Gasteiger partial charge is 0.332 e. The van der Waals surface area contributed by atoms with Crippen LogP contribution >= 0.6 is 0 Å². The van der Waals surface area contributed by atoms with Crippen LogP contribution in [0.1, 0.15) is 17.5 Å². The molecule has 0 aliphatic carbocycles. The third kappa shape index (κ3) is 3.86. The van der Waals surface area contributed by atoms with Crippen LogP contribution in [0.2, 0.25) is 0 Å². The average Bonchev–Trinajstić information content (AvgIpc) is 2.60. The van der Waals surface area contributed by atoms with Crippen molar-refractivity contribution in [3.8, 4) is 11.5 Å². The standard InChI is InChI=1S/C17H17NO5S/c1-21-14-7-8-17-15(11-14)16(9-10-22-17)18-23-24(19,20)12-13-5-3-2-4-6-13/h2-8,11H,9-10,12H2,1H3. The zero-order valence-electron chi connectivity index (χ0n) is 13.1. The first-order valence-corrected chi connectivity index (χ1v) is 8.98. The van der Waals surface area contributed by atoms with Gasteiger partial charge in [0.05, 0.1) is 19.4 Å². The van der Waals surface area contributed by atoms with E-state index in [1.807, 2.05) is 6.07 Å². The highest BCUT2D eigenvalue weighted by Gasteiger charge is 2.20. The number of hydrogen-bond donors (Lipinski definition) is 0. The zero-order valence-corrected chi connectivity index (χ0v) is 14.0. The molecule has 126 valence electrons. The van der Waals surface area contributed by atoms with Crippen LogP contribution in [0, 0.1) is 0 Å². The molecular formula is C17H17NO5S. The van der Waals surface area contributed by atoms with E-state index in [0.717, 1.165) is 0 Å². The van der Waals surface area contributed by atoms with Gasteiger partial charge in [0, 0.05) is 12.0 Å². The predicted octanol–water partition coefficient (Wildman–Crippen LogP) is 2.73. The summed E-state index contributed by atoms with van der Waals surface area (Å²) in [6.07, 6.45) is 0.459. The van der Waals surface area contributed by atoms with E-state index in [1.165, 1.54) is 0 Å². The minimum atomic E-state index is -3.81. The van der Waals surface area contributed by atoms with E-state index in [2.05, 4.69) is 5.16 Å². The molecule has 0 spiro atoms. The van der Waals surface area contributed by atoms with Crippen molar-refractivity contribution in [2.45, 2.75) is 12.2 Å². The molecule has 6 nitrogen and oxygen atoms in total. The van der Waals surface area contributed by atoms with Gasteiger partial charge in [-0.1, -0.05) is 35.5 Å². The molecule has 24 heavy (non-hydrogen) atoms. The van der Waals surface area contributed by atoms with E-state index in [4.69, 9.17) is 13.8 Å². The van der Waals surface area contributed by atoms with Crippen LogP contribution in [0.3, 0.4) is 0 Å². The van der Waals surface area contributed by atoms with Gasteiger partial charge in [-0.3, -0.25) is 4.28 Å². The highest BCUT2D eigenvalue weighted by molar-refractivity contribution is 7.85. The molecule has 0 aromatic heterocycles. The van der Waals surface area contributed by atoms with Crippen molar-refractivity contribution in [3.05, 3.63) is 59.7 Å². The Kier molecular flexibility index (Phi) is 4.71. The third-order valence-electron chi connectivity index (χ3n) is 3.54. The number of ether oxygens (including phenoxy) is 2. The van der Waals surface area contributed by atoms with Gasteiger partial charge in [-0.05, 0) is 23.8 Å². The van der Waals surface area contributed by atoms with Gasteiger partial charge in [0.2, 0.25) is 0 Å². The number of rotatable bonds is 5. The van der Waals surface area contributed by atoms with Crippen molar-refractivity contribution in [1.82, 2.24) is 0 Å². The van der Waals surface area contributed by atoms with E-state index < -0.39 is 10.1 Å². The van der Waals surface area contributed by atoms with Crippen LogP contribution in [0.25, 0.3) is 0 Å². The lowest BCUT2D eigenvalue weighted by molar-refractivity contribution is 0.307. The van der Waals surface area contributed by atoms with Crippen molar-refractivity contribution < 1.29 is 22.2 Å². The Morgan fingerprint density at radius 3 is 2.71 bits per heavy atom. The second-order valence-corrected chi connectivity index (χ2v) is 6.81. The highest BCUT2D eigenvalue weighted by atomic mass is 32.2. The van der Waals surface area contributed by atoms with Gasteiger partial charge in [0.25, 0.3) is 0 Å². The zero-order chi connectivity index (χ0) is 17.0. The Labute approximate surface area is 140 Å². The normalized spacial score (nSPS) is 15.5. The van der Waals surface area contributed by atoms with Crippen molar-refractivity contribution >= 4 is 15.8 Å². The highest BCUT2D eigenvalue weighted by Crippen LogP contribution is 2.29. The fourth-order valence-electron chi connectivity index (χ4n) is 2.38. The Balaban J connectivity index is 1.80. The largest absolute Gasteiger partial charge is 0.497 e. The van der Waals surface area contributed by atoms with Crippen LogP contribution in [0.15, 0.2) is 53.7 Å². The third-order valence-corrected chi connectivity index (χ3v) is 4.53. The van der Waals surface area contributed by atoms with Gasteiger partial charge in [-0.25, -0.2) is 0 Å². The van der Waals surface area contributed by atoms with E-state index in [9.17, 15) is 8.42 Å². The molecule has 0 unspecified atom stereocenters. The van der Waals surface area contributed by atoms with E-state index >= 15 is 0 Å². The molecule has 2 aromatic rings. The number of nitrogens with zero attached hydrogens (tertiary/aromatic N) is 1. The van der Waals surface area contributed by atoms with Crippen molar-refractivity contribution in [1.29, 1.82) is 0 Å². The van der Waals surface area contributed by atoms with E-state index in [1.54, 1.807) is 49.6 Å². The monoisotopic (exact) mass is 347 g/mol. The molecular weight excluding hydrogens is 330 g/mol. The van der Waals surface area contributed by atoms with Gasteiger partial charge in [0.15, 0.2) is 0 Å².